The Morgan fingerprint density at radius 2 is 1.82 bits per heavy atom. The molecule has 22 heavy (non-hydrogen) atoms. The molecule has 2 nitrogen and oxygen atoms in total. The van der Waals surface area contributed by atoms with E-state index < -0.39 is 0 Å². The normalized spacial score (nSPS) is 35.5. The molecular formula is C20H38N2. The van der Waals surface area contributed by atoms with Gasteiger partial charge in [-0.25, -0.2) is 0 Å². The van der Waals surface area contributed by atoms with E-state index in [4.69, 9.17) is 0 Å². The second-order valence-corrected chi connectivity index (χ2v) is 7.75. The van der Waals surface area contributed by atoms with Gasteiger partial charge in [-0.15, -0.1) is 0 Å². The quantitative estimate of drug-likeness (QED) is 0.657. The lowest BCUT2D eigenvalue weighted by molar-refractivity contribution is 0.142. The summed E-state index contributed by atoms with van der Waals surface area (Å²) in [6, 6.07) is 0.785. The molecule has 2 heteroatoms. The molecule has 1 aliphatic carbocycles. The Bertz CT molecular complexity index is 346. The standard InChI is InChI=1S/C10H17N.C8H15N.C2H6/c1-9-5-7-11-6-3-2-4-10(11)8-9;1-7-2-5-9-8(6-7)3-4-8;1-2/h2,4,9-10H,3,5-8H2,1H3;7,9H,2-6H2,1H3;1-2H3. The van der Waals surface area contributed by atoms with Crippen LogP contribution in [0.2, 0.25) is 0 Å². The lowest BCUT2D eigenvalue weighted by atomic mass is 9.90. The Morgan fingerprint density at radius 3 is 2.45 bits per heavy atom. The third-order valence-corrected chi connectivity index (χ3v) is 5.69. The largest absolute Gasteiger partial charge is 0.311 e. The SMILES string of the molecule is CC.CC1CCN2CCC=CC2C1.CC1CCNC2(CC2)C1. The zero-order valence-electron chi connectivity index (χ0n) is 15.4. The number of hydrogen-bond acceptors (Lipinski definition) is 2. The van der Waals surface area contributed by atoms with E-state index in [2.05, 4.69) is 36.2 Å². The molecule has 0 bridgehead atoms. The average Bonchev–Trinajstić information content (AvgIpc) is 3.28. The maximum absolute atomic E-state index is 3.60. The van der Waals surface area contributed by atoms with Crippen molar-refractivity contribution in [2.45, 2.75) is 84.2 Å². The van der Waals surface area contributed by atoms with E-state index in [-0.39, 0.29) is 0 Å². The van der Waals surface area contributed by atoms with Crippen LogP contribution in [0.25, 0.3) is 0 Å². The minimum Gasteiger partial charge on any atom is -0.311 e. The Kier molecular flexibility index (Phi) is 6.95. The summed E-state index contributed by atoms with van der Waals surface area (Å²) >= 11 is 0. The van der Waals surface area contributed by atoms with Crippen molar-refractivity contribution in [2.75, 3.05) is 19.6 Å². The summed E-state index contributed by atoms with van der Waals surface area (Å²) in [6.07, 6.45) is 14.5. The number of nitrogens with one attached hydrogen (secondary N) is 1. The third-order valence-electron chi connectivity index (χ3n) is 5.69. The van der Waals surface area contributed by atoms with Crippen molar-refractivity contribution in [1.29, 1.82) is 0 Å². The summed E-state index contributed by atoms with van der Waals surface area (Å²) in [5.41, 5.74) is 0.650. The van der Waals surface area contributed by atoms with Crippen LogP contribution in [0.15, 0.2) is 12.2 Å². The van der Waals surface area contributed by atoms with Crippen molar-refractivity contribution in [3.05, 3.63) is 12.2 Å². The molecule has 3 heterocycles. The first kappa shape index (κ1) is 18.0. The van der Waals surface area contributed by atoms with Crippen molar-refractivity contribution in [3.8, 4) is 0 Å². The van der Waals surface area contributed by atoms with Gasteiger partial charge in [-0.1, -0.05) is 39.8 Å². The van der Waals surface area contributed by atoms with Crippen LogP contribution in [-0.2, 0) is 0 Å². The van der Waals surface area contributed by atoms with Gasteiger partial charge in [0.25, 0.3) is 0 Å². The molecule has 1 saturated carbocycles. The summed E-state index contributed by atoms with van der Waals surface area (Å²) in [5, 5.41) is 3.60. The second kappa shape index (κ2) is 8.49. The van der Waals surface area contributed by atoms with Crippen LogP contribution < -0.4 is 5.32 Å². The summed E-state index contributed by atoms with van der Waals surface area (Å²) in [5.74, 6) is 1.92. The van der Waals surface area contributed by atoms with E-state index in [1.165, 1.54) is 64.6 Å². The van der Waals surface area contributed by atoms with E-state index in [1.807, 2.05) is 13.8 Å². The minimum atomic E-state index is 0.650. The van der Waals surface area contributed by atoms with Crippen molar-refractivity contribution in [3.63, 3.8) is 0 Å². The number of rotatable bonds is 0. The van der Waals surface area contributed by atoms with Gasteiger partial charge in [-0.3, -0.25) is 4.90 Å². The number of nitrogens with zero attached hydrogens (tertiary/aromatic N) is 1. The molecule has 0 aromatic carbocycles. The first-order valence-corrected chi connectivity index (χ1v) is 9.83. The topological polar surface area (TPSA) is 15.3 Å². The number of hydrogen-bond donors (Lipinski definition) is 1. The van der Waals surface area contributed by atoms with Gasteiger partial charge >= 0.3 is 0 Å². The fourth-order valence-electron chi connectivity index (χ4n) is 4.16. The molecule has 3 atom stereocenters. The second-order valence-electron chi connectivity index (χ2n) is 7.75. The summed E-state index contributed by atoms with van der Waals surface area (Å²) < 4.78 is 0. The first-order valence-electron chi connectivity index (χ1n) is 9.83. The first-order chi connectivity index (χ1) is 10.7. The molecule has 3 aliphatic heterocycles. The van der Waals surface area contributed by atoms with Crippen LogP contribution in [0.1, 0.15) is 72.6 Å². The van der Waals surface area contributed by atoms with Gasteiger partial charge in [-0.2, -0.15) is 0 Å². The molecule has 0 aromatic heterocycles. The van der Waals surface area contributed by atoms with Crippen LogP contribution in [0.5, 0.6) is 0 Å². The van der Waals surface area contributed by atoms with E-state index in [0.717, 1.165) is 17.9 Å². The zero-order valence-corrected chi connectivity index (χ0v) is 15.4. The molecule has 2 saturated heterocycles. The molecule has 128 valence electrons. The maximum atomic E-state index is 3.60. The molecule has 1 spiro atoms. The minimum absolute atomic E-state index is 0.650. The molecule has 3 unspecified atom stereocenters. The van der Waals surface area contributed by atoms with Gasteiger partial charge in [0.1, 0.15) is 0 Å². The van der Waals surface area contributed by atoms with E-state index in [1.54, 1.807) is 0 Å². The lowest BCUT2D eigenvalue weighted by Gasteiger charge is -2.38. The Morgan fingerprint density at radius 1 is 1.05 bits per heavy atom. The Hall–Kier alpha value is -0.340. The van der Waals surface area contributed by atoms with Crippen molar-refractivity contribution in [1.82, 2.24) is 10.2 Å². The summed E-state index contributed by atoms with van der Waals surface area (Å²) in [4.78, 5) is 2.62. The van der Waals surface area contributed by atoms with Crippen molar-refractivity contribution in [2.24, 2.45) is 11.8 Å². The van der Waals surface area contributed by atoms with E-state index in [9.17, 15) is 0 Å². The Labute approximate surface area is 138 Å². The van der Waals surface area contributed by atoms with Crippen LogP contribution in [0, 0.1) is 11.8 Å². The molecule has 0 amide bonds. The highest BCUT2D eigenvalue weighted by Crippen LogP contribution is 2.43. The monoisotopic (exact) mass is 306 g/mol. The van der Waals surface area contributed by atoms with Gasteiger partial charge in [0.2, 0.25) is 0 Å². The van der Waals surface area contributed by atoms with Gasteiger partial charge in [0.15, 0.2) is 0 Å². The average molecular weight is 307 g/mol. The van der Waals surface area contributed by atoms with Gasteiger partial charge < -0.3 is 5.32 Å². The molecule has 3 fully saturated rings. The number of fused-ring (bicyclic) bond motifs is 1. The molecule has 4 rings (SSSR count). The smallest absolute Gasteiger partial charge is 0.0280 e. The predicted molar refractivity (Wildman–Crippen MR) is 97.2 cm³/mol. The van der Waals surface area contributed by atoms with Gasteiger partial charge in [-0.05, 0) is 69.9 Å². The predicted octanol–water partition coefficient (Wildman–Crippen LogP) is 4.61. The highest BCUT2D eigenvalue weighted by atomic mass is 15.2. The van der Waals surface area contributed by atoms with E-state index >= 15 is 0 Å². The van der Waals surface area contributed by atoms with Crippen LogP contribution in [0.3, 0.4) is 0 Å². The highest BCUT2D eigenvalue weighted by molar-refractivity contribution is 5.04. The van der Waals surface area contributed by atoms with Crippen LogP contribution in [0.4, 0.5) is 0 Å². The lowest BCUT2D eigenvalue weighted by Crippen LogP contribution is -2.42. The molecule has 1 N–H and O–H groups in total. The zero-order chi connectivity index (χ0) is 16.0. The van der Waals surface area contributed by atoms with E-state index in [0.29, 0.717) is 5.54 Å². The Balaban J connectivity index is 0.000000146. The maximum Gasteiger partial charge on any atom is 0.0280 e. The van der Waals surface area contributed by atoms with Crippen molar-refractivity contribution < 1.29 is 0 Å². The third kappa shape index (κ3) is 5.09. The fraction of sp³-hybridized carbons (Fsp3) is 0.900. The van der Waals surface area contributed by atoms with Gasteiger partial charge in [0, 0.05) is 18.1 Å². The fourth-order valence-corrected chi connectivity index (χ4v) is 4.16. The molecule has 4 aliphatic rings. The van der Waals surface area contributed by atoms with Crippen LogP contribution >= 0.6 is 0 Å². The van der Waals surface area contributed by atoms with Crippen molar-refractivity contribution >= 4 is 0 Å². The summed E-state index contributed by atoms with van der Waals surface area (Å²) in [7, 11) is 0. The summed E-state index contributed by atoms with van der Waals surface area (Å²) in [6.45, 7) is 12.6. The molecular weight excluding hydrogens is 268 g/mol. The molecule has 0 radical (unpaired) electrons. The van der Waals surface area contributed by atoms with Crippen LogP contribution in [-0.4, -0.2) is 36.1 Å². The van der Waals surface area contributed by atoms with Gasteiger partial charge in [0.05, 0.1) is 0 Å². The molecule has 0 aromatic rings. The number of piperidine rings is 2. The highest BCUT2D eigenvalue weighted by Gasteiger charge is 2.44.